The molecule has 0 aliphatic carbocycles. The molecular weight excluding hydrogens is 408 g/mol. The van der Waals surface area contributed by atoms with Gasteiger partial charge in [-0.15, -0.1) is 0 Å². The first-order valence-corrected chi connectivity index (χ1v) is 11.2. The van der Waals surface area contributed by atoms with E-state index in [0.29, 0.717) is 18.0 Å². The third-order valence-electron chi connectivity index (χ3n) is 5.37. The molecule has 4 nitrogen and oxygen atoms in total. The SMILES string of the molecule is CCCc1cc(=O)c(C(=O)Nc2ccccc2C)c(CCC)n1Cc1ccc(Cl)cc1. The molecule has 0 aliphatic rings. The Morgan fingerprint density at radius 3 is 2.32 bits per heavy atom. The van der Waals surface area contributed by atoms with E-state index in [4.69, 9.17) is 11.6 Å². The molecule has 1 heterocycles. The number of carbonyl (C=O) groups is 1. The molecular formula is C26H29ClN2O2. The maximum atomic E-state index is 13.3. The van der Waals surface area contributed by atoms with Gasteiger partial charge in [0.25, 0.3) is 5.91 Å². The fourth-order valence-corrected chi connectivity index (χ4v) is 3.95. The van der Waals surface area contributed by atoms with Crippen LogP contribution in [0.25, 0.3) is 0 Å². The fraction of sp³-hybridized carbons (Fsp3) is 0.308. The molecule has 162 valence electrons. The number of anilines is 1. The molecule has 0 fully saturated rings. The van der Waals surface area contributed by atoms with Crippen molar-refractivity contribution in [3.8, 4) is 0 Å². The zero-order valence-electron chi connectivity index (χ0n) is 18.4. The maximum Gasteiger partial charge on any atom is 0.261 e. The van der Waals surface area contributed by atoms with Crippen molar-refractivity contribution >= 4 is 23.2 Å². The summed E-state index contributed by atoms with van der Waals surface area (Å²) in [6, 6.07) is 16.9. The standard InChI is InChI=1S/C26H29ClN2O2/c1-4-8-21-16-24(30)25(26(31)28-22-11-7-6-10-18(22)3)23(9-5-2)29(21)17-19-12-14-20(27)15-13-19/h6-7,10-16H,4-5,8-9,17H2,1-3H3,(H,28,31). The lowest BCUT2D eigenvalue weighted by atomic mass is 10.0. The molecule has 1 aromatic heterocycles. The van der Waals surface area contributed by atoms with Crippen LogP contribution in [-0.4, -0.2) is 10.5 Å². The van der Waals surface area contributed by atoms with Gasteiger partial charge in [0.1, 0.15) is 5.56 Å². The summed E-state index contributed by atoms with van der Waals surface area (Å²) in [4.78, 5) is 26.3. The van der Waals surface area contributed by atoms with Crippen molar-refractivity contribution in [1.29, 1.82) is 0 Å². The van der Waals surface area contributed by atoms with Crippen LogP contribution in [0.5, 0.6) is 0 Å². The van der Waals surface area contributed by atoms with Crippen molar-refractivity contribution in [2.75, 3.05) is 5.32 Å². The van der Waals surface area contributed by atoms with Gasteiger partial charge in [0.05, 0.1) is 0 Å². The molecule has 0 spiro atoms. The van der Waals surface area contributed by atoms with Crippen LogP contribution in [0.2, 0.25) is 5.02 Å². The van der Waals surface area contributed by atoms with Gasteiger partial charge in [0.15, 0.2) is 5.43 Å². The number of hydrogen-bond donors (Lipinski definition) is 1. The fourth-order valence-electron chi connectivity index (χ4n) is 3.82. The monoisotopic (exact) mass is 436 g/mol. The zero-order chi connectivity index (χ0) is 22.4. The number of nitrogens with one attached hydrogen (secondary N) is 1. The molecule has 5 heteroatoms. The van der Waals surface area contributed by atoms with E-state index >= 15 is 0 Å². The summed E-state index contributed by atoms with van der Waals surface area (Å²) in [5.41, 5.74) is 4.52. The Morgan fingerprint density at radius 1 is 1.00 bits per heavy atom. The highest BCUT2D eigenvalue weighted by Crippen LogP contribution is 2.20. The highest BCUT2D eigenvalue weighted by Gasteiger charge is 2.21. The summed E-state index contributed by atoms with van der Waals surface area (Å²) in [6.07, 6.45) is 3.18. The Bertz CT molecular complexity index is 1120. The van der Waals surface area contributed by atoms with Gasteiger partial charge in [0, 0.05) is 34.7 Å². The van der Waals surface area contributed by atoms with E-state index < -0.39 is 0 Å². The lowest BCUT2D eigenvalue weighted by molar-refractivity contribution is 0.102. The molecule has 0 radical (unpaired) electrons. The minimum atomic E-state index is -0.351. The number of benzene rings is 2. The number of para-hydroxylation sites is 1. The highest BCUT2D eigenvalue weighted by molar-refractivity contribution is 6.30. The van der Waals surface area contributed by atoms with Crippen LogP contribution in [0, 0.1) is 6.92 Å². The first kappa shape index (κ1) is 22.8. The van der Waals surface area contributed by atoms with Crippen molar-refractivity contribution in [3.63, 3.8) is 0 Å². The highest BCUT2D eigenvalue weighted by atomic mass is 35.5. The largest absolute Gasteiger partial charge is 0.343 e. The number of amides is 1. The van der Waals surface area contributed by atoms with Crippen molar-refractivity contribution in [2.45, 2.75) is 53.0 Å². The van der Waals surface area contributed by atoms with E-state index in [2.05, 4.69) is 23.7 Å². The number of carbonyl (C=O) groups excluding carboxylic acids is 1. The maximum absolute atomic E-state index is 13.3. The van der Waals surface area contributed by atoms with E-state index in [0.717, 1.165) is 47.5 Å². The molecule has 0 saturated carbocycles. The normalized spacial score (nSPS) is 10.8. The molecule has 0 unspecified atom stereocenters. The summed E-state index contributed by atoms with van der Waals surface area (Å²) < 4.78 is 2.14. The number of pyridine rings is 1. The number of nitrogens with zero attached hydrogens (tertiary/aromatic N) is 1. The molecule has 0 aliphatic heterocycles. The smallest absolute Gasteiger partial charge is 0.261 e. The van der Waals surface area contributed by atoms with E-state index in [9.17, 15) is 9.59 Å². The Labute approximate surface area is 188 Å². The van der Waals surface area contributed by atoms with Crippen molar-refractivity contribution in [3.05, 3.63) is 97.9 Å². The Balaban J connectivity index is 2.11. The van der Waals surface area contributed by atoms with Gasteiger partial charge in [-0.25, -0.2) is 0 Å². The van der Waals surface area contributed by atoms with Crippen LogP contribution < -0.4 is 10.7 Å². The zero-order valence-corrected chi connectivity index (χ0v) is 19.1. The summed E-state index contributed by atoms with van der Waals surface area (Å²) in [5, 5.41) is 3.63. The average Bonchev–Trinajstić information content (AvgIpc) is 2.74. The van der Waals surface area contributed by atoms with E-state index in [1.807, 2.05) is 55.5 Å². The topological polar surface area (TPSA) is 51.1 Å². The van der Waals surface area contributed by atoms with Crippen LogP contribution in [-0.2, 0) is 19.4 Å². The number of aromatic nitrogens is 1. The average molecular weight is 437 g/mol. The Hall–Kier alpha value is -2.85. The van der Waals surface area contributed by atoms with Crippen LogP contribution in [0.1, 0.15) is 59.6 Å². The molecule has 3 aromatic rings. The minimum Gasteiger partial charge on any atom is -0.343 e. The van der Waals surface area contributed by atoms with Gasteiger partial charge in [-0.3, -0.25) is 9.59 Å². The van der Waals surface area contributed by atoms with Gasteiger partial charge >= 0.3 is 0 Å². The third kappa shape index (κ3) is 5.45. The van der Waals surface area contributed by atoms with Crippen molar-refractivity contribution in [1.82, 2.24) is 4.57 Å². The van der Waals surface area contributed by atoms with Crippen LogP contribution in [0.4, 0.5) is 5.69 Å². The van der Waals surface area contributed by atoms with Crippen molar-refractivity contribution in [2.24, 2.45) is 0 Å². The van der Waals surface area contributed by atoms with Crippen LogP contribution >= 0.6 is 11.6 Å². The molecule has 0 atom stereocenters. The summed E-state index contributed by atoms with van der Waals surface area (Å²) in [6.45, 7) is 6.68. The molecule has 0 bridgehead atoms. The number of aryl methyl sites for hydroxylation is 2. The molecule has 0 saturated heterocycles. The predicted molar refractivity (Wildman–Crippen MR) is 128 cm³/mol. The Kier molecular flexibility index (Phi) is 7.69. The second-order valence-electron chi connectivity index (χ2n) is 7.80. The van der Waals surface area contributed by atoms with Crippen molar-refractivity contribution < 1.29 is 4.79 Å². The lowest BCUT2D eigenvalue weighted by Gasteiger charge is -2.22. The second kappa shape index (κ2) is 10.5. The van der Waals surface area contributed by atoms with Gasteiger partial charge in [-0.2, -0.15) is 0 Å². The number of hydrogen-bond acceptors (Lipinski definition) is 2. The molecule has 3 rings (SSSR count). The van der Waals surface area contributed by atoms with Crippen LogP contribution in [0.15, 0.2) is 59.4 Å². The molecule has 1 N–H and O–H groups in total. The van der Waals surface area contributed by atoms with Gasteiger partial charge in [-0.05, 0) is 49.1 Å². The van der Waals surface area contributed by atoms with Gasteiger partial charge in [0.2, 0.25) is 0 Å². The molecule has 1 amide bonds. The first-order chi connectivity index (χ1) is 14.9. The molecule has 2 aromatic carbocycles. The first-order valence-electron chi connectivity index (χ1n) is 10.8. The number of halogens is 1. The van der Waals surface area contributed by atoms with E-state index in [-0.39, 0.29) is 16.9 Å². The lowest BCUT2D eigenvalue weighted by Crippen LogP contribution is -2.29. The molecule has 31 heavy (non-hydrogen) atoms. The van der Waals surface area contributed by atoms with E-state index in [1.54, 1.807) is 6.07 Å². The van der Waals surface area contributed by atoms with Gasteiger partial charge in [-0.1, -0.05) is 68.6 Å². The van der Waals surface area contributed by atoms with E-state index in [1.165, 1.54) is 0 Å². The number of rotatable bonds is 8. The summed E-state index contributed by atoms with van der Waals surface area (Å²) >= 11 is 6.05. The van der Waals surface area contributed by atoms with Crippen LogP contribution in [0.3, 0.4) is 0 Å². The predicted octanol–water partition coefficient (Wildman–Crippen LogP) is 6.02. The summed E-state index contributed by atoms with van der Waals surface area (Å²) in [7, 11) is 0. The second-order valence-corrected chi connectivity index (χ2v) is 8.24. The third-order valence-corrected chi connectivity index (χ3v) is 5.62. The Morgan fingerprint density at radius 2 is 1.68 bits per heavy atom. The quantitative estimate of drug-likeness (QED) is 0.469. The van der Waals surface area contributed by atoms with Gasteiger partial charge < -0.3 is 9.88 Å². The summed E-state index contributed by atoms with van der Waals surface area (Å²) in [5.74, 6) is -0.351. The minimum absolute atomic E-state index is 0.217.